The largest absolute Gasteiger partial charge is 0.393 e. The molecule has 2 amide bonds. The molecule has 1 saturated heterocycles. The summed E-state index contributed by atoms with van der Waals surface area (Å²) in [7, 11) is 0. The van der Waals surface area contributed by atoms with E-state index in [-0.39, 0.29) is 17.6 Å². The topological polar surface area (TPSA) is 55.8 Å². The second kappa shape index (κ2) is 7.64. The molecule has 128 valence electrons. The molecule has 2 aliphatic rings. The zero-order valence-corrected chi connectivity index (χ0v) is 14.5. The first-order valence-corrected chi connectivity index (χ1v) is 8.82. The SMILES string of the molecule is CC(O)CC(C)(C)CNC(=O)N1CCN(C2CCCC2)CC1. The highest BCUT2D eigenvalue weighted by Gasteiger charge is 2.28. The van der Waals surface area contributed by atoms with Crippen molar-refractivity contribution in [3.63, 3.8) is 0 Å². The Labute approximate surface area is 135 Å². The van der Waals surface area contributed by atoms with Gasteiger partial charge in [-0.25, -0.2) is 4.79 Å². The van der Waals surface area contributed by atoms with Gasteiger partial charge in [0, 0.05) is 38.8 Å². The van der Waals surface area contributed by atoms with Crippen LogP contribution in [0.1, 0.15) is 52.9 Å². The molecular formula is C17H33N3O2. The predicted molar refractivity (Wildman–Crippen MR) is 88.9 cm³/mol. The third kappa shape index (κ3) is 5.13. The summed E-state index contributed by atoms with van der Waals surface area (Å²) in [6.07, 6.45) is 5.76. The Hall–Kier alpha value is -0.810. The lowest BCUT2D eigenvalue weighted by molar-refractivity contribution is 0.104. The Bertz CT molecular complexity index is 357. The smallest absolute Gasteiger partial charge is 0.317 e. The molecule has 0 aromatic heterocycles. The number of hydrogen-bond acceptors (Lipinski definition) is 3. The monoisotopic (exact) mass is 311 g/mol. The van der Waals surface area contributed by atoms with E-state index in [1.54, 1.807) is 6.92 Å². The first-order chi connectivity index (χ1) is 10.4. The second-order valence-corrected chi connectivity index (χ2v) is 7.84. The summed E-state index contributed by atoms with van der Waals surface area (Å²) < 4.78 is 0. The average molecular weight is 311 g/mol. The van der Waals surface area contributed by atoms with Crippen LogP contribution in [-0.2, 0) is 0 Å². The van der Waals surface area contributed by atoms with Crippen LogP contribution in [0.5, 0.6) is 0 Å². The maximum Gasteiger partial charge on any atom is 0.317 e. The van der Waals surface area contributed by atoms with Crippen molar-refractivity contribution in [2.45, 2.75) is 65.0 Å². The van der Waals surface area contributed by atoms with E-state index in [2.05, 4.69) is 24.1 Å². The van der Waals surface area contributed by atoms with Crippen molar-refractivity contribution in [3.05, 3.63) is 0 Å². The standard InChI is InChI=1S/C17H33N3O2/c1-14(21)12-17(2,3)13-18-16(22)20-10-8-19(9-11-20)15-6-4-5-7-15/h14-15,21H,4-13H2,1-3H3,(H,18,22). The predicted octanol–water partition coefficient (Wildman–Crippen LogP) is 2.05. The van der Waals surface area contributed by atoms with Crippen molar-refractivity contribution in [1.29, 1.82) is 0 Å². The number of amides is 2. The van der Waals surface area contributed by atoms with Crippen molar-refractivity contribution in [2.24, 2.45) is 5.41 Å². The number of aliphatic hydroxyl groups excluding tert-OH is 1. The van der Waals surface area contributed by atoms with E-state index in [1.165, 1.54) is 25.7 Å². The highest BCUT2D eigenvalue weighted by molar-refractivity contribution is 5.74. The highest BCUT2D eigenvalue weighted by Crippen LogP contribution is 2.24. The quantitative estimate of drug-likeness (QED) is 0.817. The second-order valence-electron chi connectivity index (χ2n) is 7.84. The molecule has 2 fully saturated rings. The number of hydrogen-bond donors (Lipinski definition) is 2. The van der Waals surface area contributed by atoms with Crippen molar-refractivity contribution in [1.82, 2.24) is 15.1 Å². The Kier molecular flexibility index (Phi) is 6.09. The Balaban J connectivity index is 1.70. The minimum Gasteiger partial charge on any atom is -0.393 e. The molecule has 0 spiro atoms. The van der Waals surface area contributed by atoms with Gasteiger partial charge in [0.25, 0.3) is 0 Å². The lowest BCUT2D eigenvalue weighted by Crippen LogP contribution is -2.54. The van der Waals surface area contributed by atoms with Crippen LogP contribution in [-0.4, -0.2) is 65.8 Å². The number of carbonyl (C=O) groups is 1. The van der Waals surface area contributed by atoms with Gasteiger partial charge in [0.05, 0.1) is 6.10 Å². The van der Waals surface area contributed by atoms with E-state index in [0.29, 0.717) is 13.0 Å². The van der Waals surface area contributed by atoms with Crippen molar-refractivity contribution in [3.8, 4) is 0 Å². The normalized spacial score (nSPS) is 22.8. The van der Waals surface area contributed by atoms with Gasteiger partial charge in [-0.15, -0.1) is 0 Å². The molecule has 5 heteroatoms. The van der Waals surface area contributed by atoms with Crippen LogP contribution >= 0.6 is 0 Å². The number of urea groups is 1. The molecule has 2 rings (SSSR count). The lowest BCUT2D eigenvalue weighted by Gasteiger charge is -2.38. The molecule has 0 bridgehead atoms. The minimum absolute atomic E-state index is 0.0461. The molecule has 1 heterocycles. The van der Waals surface area contributed by atoms with Crippen LogP contribution in [0.2, 0.25) is 0 Å². The summed E-state index contributed by atoms with van der Waals surface area (Å²) >= 11 is 0. The maximum atomic E-state index is 12.3. The number of piperazine rings is 1. The molecule has 0 radical (unpaired) electrons. The van der Waals surface area contributed by atoms with E-state index in [9.17, 15) is 9.90 Å². The zero-order valence-electron chi connectivity index (χ0n) is 14.5. The van der Waals surface area contributed by atoms with Crippen LogP contribution < -0.4 is 5.32 Å². The van der Waals surface area contributed by atoms with Gasteiger partial charge in [-0.1, -0.05) is 26.7 Å². The molecule has 0 aromatic carbocycles. The van der Waals surface area contributed by atoms with Gasteiger partial charge in [0.1, 0.15) is 0 Å². The molecule has 1 atom stereocenters. The summed E-state index contributed by atoms with van der Waals surface area (Å²) in [5, 5.41) is 12.5. The van der Waals surface area contributed by atoms with Crippen LogP contribution in [0.3, 0.4) is 0 Å². The van der Waals surface area contributed by atoms with E-state index in [0.717, 1.165) is 32.2 Å². The summed E-state index contributed by atoms with van der Waals surface area (Å²) in [6, 6.07) is 0.805. The van der Waals surface area contributed by atoms with E-state index in [4.69, 9.17) is 0 Å². The molecular weight excluding hydrogens is 278 g/mol. The molecule has 1 aliphatic carbocycles. The molecule has 0 aromatic rings. The summed E-state index contributed by atoms with van der Waals surface area (Å²) in [4.78, 5) is 16.8. The minimum atomic E-state index is -0.332. The number of carbonyl (C=O) groups excluding carboxylic acids is 1. The third-order valence-corrected chi connectivity index (χ3v) is 5.01. The van der Waals surface area contributed by atoms with Crippen LogP contribution in [0.15, 0.2) is 0 Å². The van der Waals surface area contributed by atoms with Crippen LogP contribution in [0.25, 0.3) is 0 Å². The first kappa shape index (κ1) is 17.5. The fourth-order valence-electron chi connectivity index (χ4n) is 3.86. The van der Waals surface area contributed by atoms with Gasteiger partial charge in [0.2, 0.25) is 0 Å². The first-order valence-electron chi connectivity index (χ1n) is 8.82. The van der Waals surface area contributed by atoms with Crippen molar-refractivity contribution in [2.75, 3.05) is 32.7 Å². The maximum absolute atomic E-state index is 12.3. The summed E-state index contributed by atoms with van der Waals surface area (Å²) in [5.41, 5.74) is -0.0739. The summed E-state index contributed by atoms with van der Waals surface area (Å²) in [5.74, 6) is 0. The lowest BCUT2D eigenvalue weighted by atomic mass is 9.87. The van der Waals surface area contributed by atoms with E-state index < -0.39 is 0 Å². The molecule has 22 heavy (non-hydrogen) atoms. The molecule has 1 saturated carbocycles. The van der Waals surface area contributed by atoms with Crippen molar-refractivity contribution < 1.29 is 9.90 Å². The molecule has 1 unspecified atom stereocenters. The van der Waals surface area contributed by atoms with Gasteiger partial charge >= 0.3 is 6.03 Å². The average Bonchev–Trinajstić information content (AvgIpc) is 2.98. The molecule has 5 nitrogen and oxygen atoms in total. The highest BCUT2D eigenvalue weighted by atomic mass is 16.3. The van der Waals surface area contributed by atoms with Crippen LogP contribution in [0.4, 0.5) is 4.79 Å². The van der Waals surface area contributed by atoms with Gasteiger partial charge in [-0.05, 0) is 31.6 Å². The Morgan fingerprint density at radius 1 is 1.23 bits per heavy atom. The van der Waals surface area contributed by atoms with Crippen molar-refractivity contribution >= 4 is 6.03 Å². The number of aliphatic hydroxyl groups is 1. The number of nitrogens with zero attached hydrogens (tertiary/aromatic N) is 2. The van der Waals surface area contributed by atoms with E-state index >= 15 is 0 Å². The van der Waals surface area contributed by atoms with E-state index in [1.807, 2.05) is 4.90 Å². The van der Waals surface area contributed by atoms with Gasteiger partial charge in [-0.2, -0.15) is 0 Å². The Morgan fingerprint density at radius 3 is 2.36 bits per heavy atom. The molecule has 2 N–H and O–H groups in total. The number of nitrogens with one attached hydrogen (secondary N) is 1. The summed E-state index contributed by atoms with van der Waals surface area (Å²) in [6.45, 7) is 10.3. The fourth-order valence-corrected chi connectivity index (χ4v) is 3.86. The zero-order chi connectivity index (χ0) is 16.2. The fraction of sp³-hybridized carbons (Fsp3) is 0.941. The molecule has 1 aliphatic heterocycles. The third-order valence-electron chi connectivity index (χ3n) is 5.01. The van der Waals surface area contributed by atoms with Crippen LogP contribution in [0, 0.1) is 5.41 Å². The number of rotatable bonds is 5. The Morgan fingerprint density at radius 2 is 1.82 bits per heavy atom. The van der Waals surface area contributed by atoms with Gasteiger partial charge < -0.3 is 15.3 Å². The van der Waals surface area contributed by atoms with Gasteiger partial charge in [0.15, 0.2) is 0 Å². The van der Waals surface area contributed by atoms with Gasteiger partial charge in [-0.3, -0.25) is 4.90 Å².